The third-order valence-corrected chi connectivity index (χ3v) is 3.93. The predicted molar refractivity (Wildman–Crippen MR) is 72.1 cm³/mol. The van der Waals surface area contributed by atoms with Gasteiger partial charge in [-0.25, -0.2) is 4.98 Å². The molecule has 0 aliphatic heterocycles. The normalized spacial score (nSPS) is 13.4. The van der Waals surface area contributed by atoms with E-state index in [9.17, 15) is 13.2 Å². The van der Waals surface area contributed by atoms with Gasteiger partial charge in [-0.05, 0) is 31.0 Å². The Kier molecular flexibility index (Phi) is 4.42. The fraction of sp³-hybridized carbons (Fsp3) is 0.308. The lowest BCUT2D eigenvalue weighted by atomic mass is 10.0. The van der Waals surface area contributed by atoms with Gasteiger partial charge in [-0.2, -0.15) is 13.2 Å². The first-order chi connectivity index (χ1) is 9.40. The summed E-state index contributed by atoms with van der Waals surface area (Å²) in [5.74, 6) is 5.51. The molecule has 0 saturated carbocycles. The number of aryl methyl sites for hydroxylation is 1. The van der Waals surface area contributed by atoms with Crippen LogP contribution in [0.15, 0.2) is 30.5 Å². The Morgan fingerprint density at radius 2 is 1.95 bits per heavy atom. The van der Waals surface area contributed by atoms with E-state index in [1.807, 2.05) is 6.92 Å². The van der Waals surface area contributed by atoms with Crippen LogP contribution >= 0.6 is 11.3 Å². The molecule has 0 aliphatic carbocycles. The number of thiazole rings is 1. The Hall–Kier alpha value is -1.44. The van der Waals surface area contributed by atoms with E-state index in [0.717, 1.165) is 27.6 Å². The van der Waals surface area contributed by atoms with E-state index < -0.39 is 11.7 Å². The van der Waals surface area contributed by atoms with Crippen molar-refractivity contribution in [1.29, 1.82) is 0 Å². The van der Waals surface area contributed by atoms with Crippen molar-refractivity contribution >= 4 is 11.3 Å². The third-order valence-electron chi connectivity index (χ3n) is 2.90. The summed E-state index contributed by atoms with van der Waals surface area (Å²) in [4.78, 5) is 5.11. The van der Waals surface area contributed by atoms with Gasteiger partial charge in [-0.1, -0.05) is 12.1 Å². The molecule has 0 amide bonds. The molecule has 1 heterocycles. The van der Waals surface area contributed by atoms with Crippen molar-refractivity contribution in [2.75, 3.05) is 0 Å². The highest BCUT2D eigenvalue weighted by molar-refractivity contribution is 7.11. The number of benzene rings is 1. The largest absolute Gasteiger partial charge is 0.416 e. The molecule has 2 rings (SSSR count). The molecule has 3 N–H and O–H groups in total. The first-order valence-corrected chi connectivity index (χ1v) is 6.76. The Morgan fingerprint density at radius 3 is 2.40 bits per heavy atom. The van der Waals surface area contributed by atoms with Crippen LogP contribution in [0.3, 0.4) is 0 Å². The molecule has 1 aromatic carbocycles. The molecule has 0 radical (unpaired) electrons. The number of hydrogen-bond donors (Lipinski definition) is 2. The summed E-state index contributed by atoms with van der Waals surface area (Å²) in [5, 5.41) is 0.924. The van der Waals surface area contributed by atoms with Gasteiger partial charge >= 0.3 is 6.18 Å². The maximum atomic E-state index is 12.5. The van der Waals surface area contributed by atoms with Crippen LogP contribution in [0.5, 0.6) is 0 Å². The van der Waals surface area contributed by atoms with Crippen molar-refractivity contribution in [3.05, 3.63) is 51.5 Å². The third kappa shape index (κ3) is 3.56. The molecule has 2 aromatic rings. The minimum atomic E-state index is -4.31. The molecule has 7 heteroatoms. The predicted octanol–water partition coefficient (Wildman–Crippen LogP) is 3.22. The highest BCUT2D eigenvalue weighted by Gasteiger charge is 2.30. The van der Waals surface area contributed by atoms with Crippen molar-refractivity contribution in [3.8, 4) is 0 Å². The number of alkyl halides is 3. The number of nitrogens with two attached hydrogens (primary N) is 1. The van der Waals surface area contributed by atoms with Crippen molar-refractivity contribution in [1.82, 2.24) is 10.4 Å². The smallest absolute Gasteiger partial charge is 0.271 e. The molecule has 108 valence electrons. The standard InChI is InChI=1S/C13H14F3N3S/c1-8-18-7-12(20-8)11(19-17)6-9-2-4-10(5-3-9)13(14,15)16/h2-5,7,11,19H,6,17H2,1H3. The van der Waals surface area contributed by atoms with Crippen molar-refractivity contribution in [2.45, 2.75) is 25.6 Å². The minimum absolute atomic E-state index is 0.155. The molecule has 0 spiro atoms. The van der Waals surface area contributed by atoms with Gasteiger partial charge in [0.15, 0.2) is 0 Å². The lowest BCUT2D eigenvalue weighted by Gasteiger charge is -2.14. The second-order valence-electron chi connectivity index (χ2n) is 4.40. The van der Waals surface area contributed by atoms with Crippen molar-refractivity contribution in [2.24, 2.45) is 5.84 Å². The molecule has 1 atom stereocenters. The van der Waals surface area contributed by atoms with Gasteiger partial charge in [0.1, 0.15) is 0 Å². The number of hydrazine groups is 1. The van der Waals surface area contributed by atoms with Crippen LogP contribution in [0.4, 0.5) is 13.2 Å². The number of hydrogen-bond acceptors (Lipinski definition) is 4. The number of nitrogens with zero attached hydrogens (tertiary/aromatic N) is 1. The van der Waals surface area contributed by atoms with Crippen LogP contribution in [0.25, 0.3) is 0 Å². The molecule has 20 heavy (non-hydrogen) atoms. The quantitative estimate of drug-likeness (QED) is 0.673. The lowest BCUT2D eigenvalue weighted by Crippen LogP contribution is -2.29. The Bertz CT molecular complexity index is 563. The fourth-order valence-corrected chi connectivity index (χ4v) is 2.69. The first-order valence-electron chi connectivity index (χ1n) is 5.94. The second-order valence-corrected chi connectivity index (χ2v) is 5.67. The summed E-state index contributed by atoms with van der Waals surface area (Å²) in [6, 6.07) is 4.96. The lowest BCUT2D eigenvalue weighted by molar-refractivity contribution is -0.137. The zero-order valence-corrected chi connectivity index (χ0v) is 11.6. The van der Waals surface area contributed by atoms with E-state index in [4.69, 9.17) is 5.84 Å². The topological polar surface area (TPSA) is 50.9 Å². The second kappa shape index (κ2) is 5.90. The van der Waals surface area contributed by atoms with Crippen LogP contribution in [-0.4, -0.2) is 4.98 Å². The molecule has 3 nitrogen and oxygen atoms in total. The molecular weight excluding hydrogens is 287 g/mol. The van der Waals surface area contributed by atoms with Crippen LogP contribution in [0.1, 0.15) is 27.1 Å². The summed E-state index contributed by atoms with van der Waals surface area (Å²) in [7, 11) is 0. The number of rotatable bonds is 4. The van der Waals surface area contributed by atoms with Gasteiger partial charge in [0.25, 0.3) is 0 Å². The van der Waals surface area contributed by atoms with E-state index in [-0.39, 0.29) is 6.04 Å². The SMILES string of the molecule is Cc1ncc(C(Cc2ccc(C(F)(F)F)cc2)NN)s1. The highest BCUT2D eigenvalue weighted by Crippen LogP contribution is 2.30. The molecule has 0 bridgehead atoms. The summed E-state index contributed by atoms with van der Waals surface area (Å²) in [5.41, 5.74) is 2.81. The van der Waals surface area contributed by atoms with Crippen molar-refractivity contribution in [3.63, 3.8) is 0 Å². The molecular formula is C13H14F3N3S. The number of halogens is 3. The average molecular weight is 301 g/mol. The first kappa shape index (κ1) is 15.0. The summed E-state index contributed by atoms with van der Waals surface area (Å²) < 4.78 is 37.4. The zero-order chi connectivity index (χ0) is 14.8. The van der Waals surface area contributed by atoms with Crippen LogP contribution in [0, 0.1) is 6.92 Å². The highest BCUT2D eigenvalue weighted by atomic mass is 32.1. The van der Waals surface area contributed by atoms with Crippen LogP contribution in [0.2, 0.25) is 0 Å². The number of aromatic nitrogens is 1. The van der Waals surface area contributed by atoms with Gasteiger partial charge < -0.3 is 0 Å². The average Bonchev–Trinajstić information content (AvgIpc) is 2.82. The minimum Gasteiger partial charge on any atom is -0.271 e. The number of nitrogens with one attached hydrogen (secondary N) is 1. The molecule has 1 unspecified atom stereocenters. The van der Waals surface area contributed by atoms with E-state index in [1.54, 1.807) is 6.20 Å². The zero-order valence-electron chi connectivity index (χ0n) is 10.7. The van der Waals surface area contributed by atoms with Crippen LogP contribution < -0.4 is 11.3 Å². The Labute approximate surface area is 118 Å². The summed E-state index contributed by atoms with van der Waals surface area (Å²) in [6.45, 7) is 1.89. The fourth-order valence-electron chi connectivity index (χ4n) is 1.85. The van der Waals surface area contributed by atoms with E-state index in [1.165, 1.54) is 23.5 Å². The molecule has 0 fully saturated rings. The molecule has 0 saturated heterocycles. The van der Waals surface area contributed by atoms with Gasteiger partial charge in [0, 0.05) is 11.1 Å². The van der Waals surface area contributed by atoms with Crippen LogP contribution in [-0.2, 0) is 12.6 Å². The van der Waals surface area contributed by atoms with Gasteiger partial charge in [-0.3, -0.25) is 11.3 Å². The van der Waals surface area contributed by atoms with E-state index >= 15 is 0 Å². The Morgan fingerprint density at radius 1 is 1.30 bits per heavy atom. The summed E-state index contributed by atoms with van der Waals surface area (Å²) >= 11 is 1.51. The summed E-state index contributed by atoms with van der Waals surface area (Å²) in [6.07, 6.45) is -2.07. The maximum Gasteiger partial charge on any atom is 0.416 e. The Balaban J connectivity index is 2.12. The maximum absolute atomic E-state index is 12.5. The molecule has 0 aliphatic rings. The van der Waals surface area contributed by atoms with Gasteiger partial charge in [0.05, 0.1) is 16.6 Å². The molecule has 1 aromatic heterocycles. The van der Waals surface area contributed by atoms with E-state index in [2.05, 4.69) is 10.4 Å². The van der Waals surface area contributed by atoms with Gasteiger partial charge in [-0.15, -0.1) is 11.3 Å². The van der Waals surface area contributed by atoms with Crippen molar-refractivity contribution < 1.29 is 13.2 Å². The monoisotopic (exact) mass is 301 g/mol. The van der Waals surface area contributed by atoms with Gasteiger partial charge in [0.2, 0.25) is 0 Å². The van der Waals surface area contributed by atoms with E-state index in [0.29, 0.717) is 6.42 Å².